The highest BCUT2D eigenvalue weighted by atomic mass is 35.5. The Hall–Kier alpha value is -2.57. The summed E-state index contributed by atoms with van der Waals surface area (Å²) in [5, 5.41) is 2.15. The zero-order valence-corrected chi connectivity index (χ0v) is 15.1. The summed E-state index contributed by atoms with van der Waals surface area (Å²) in [4.78, 5) is 26.6. The van der Waals surface area contributed by atoms with Gasteiger partial charge in [0.05, 0.1) is 11.4 Å². The molecule has 0 N–H and O–H groups in total. The van der Waals surface area contributed by atoms with E-state index >= 15 is 0 Å². The van der Waals surface area contributed by atoms with Crippen molar-refractivity contribution >= 4 is 27.9 Å². The standard InChI is InChI=1S/C19H13ClN4OS/c20-16-17(14-8-13(14)12-2-1-5-22-9-12)23-19-24(18(16)25)15(10-26-19)11-3-6-21-7-4-11/h1-7,9-10,13-14H,8H2. The number of hydrogen-bond donors (Lipinski definition) is 0. The molecule has 1 aliphatic carbocycles. The zero-order chi connectivity index (χ0) is 17.7. The van der Waals surface area contributed by atoms with Gasteiger partial charge >= 0.3 is 0 Å². The number of hydrogen-bond acceptors (Lipinski definition) is 5. The predicted molar refractivity (Wildman–Crippen MR) is 102 cm³/mol. The van der Waals surface area contributed by atoms with Crippen molar-refractivity contribution < 1.29 is 0 Å². The Labute approximate surface area is 158 Å². The molecule has 4 aromatic rings. The van der Waals surface area contributed by atoms with Crippen LogP contribution in [0.15, 0.2) is 59.2 Å². The maximum atomic E-state index is 12.9. The SMILES string of the molecule is O=c1c(Cl)c(C2CC2c2cccnc2)nc2scc(-c3ccncc3)n12. The van der Waals surface area contributed by atoms with Gasteiger partial charge in [-0.2, -0.15) is 0 Å². The minimum atomic E-state index is -0.212. The minimum Gasteiger partial charge on any atom is -0.267 e. The van der Waals surface area contributed by atoms with Crippen LogP contribution in [0.5, 0.6) is 0 Å². The Morgan fingerprint density at radius 1 is 1.12 bits per heavy atom. The Morgan fingerprint density at radius 2 is 1.96 bits per heavy atom. The van der Waals surface area contributed by atoms with Crippen molar-refractivity contribution in [3.63, 3.8) is 0 Å². The van der Waals surface area contributed by atoms with E-state index in [1.54, 1.807) is 23.0 Å². The van der Waals surface area contributed by atoms with Crippen LogP contribution in [-0.2, 0) is 0 Å². The molecule has 7 heteroatoms. The number of fused-ring (bicyclic) bond motifs is 1. The highest BCUT2D eigenvalue weighted by molar-refractivity contribution is 7.15. The van der Waals surface area contributed by atoms with Gasteiger partial charge < -0.3 is 0 Å². The third kappa shape index (κ3) is 2.45. The van der Waals surface area contributed by atoms with Gasteiger partial charge in [0.25, 0.3) is 5.56 Å². The fourth-order valence-corrected chi connectivity index (χ4v) is 4.54. The van der Waals surface area contributed by atoms with Crippen molar-refractivity contribution in [2.75, 3.05) is 0 Å². The van der Waals surface area contributed by atoms with Crippen LogP contribution in [0.4, 0.5) is 0 Å². The summed E-state index contributed by atoms with van der Waals surface area (Å²) in [5.74, 6) is 0.506. The Kier molecular flexibility index (Phi) is 3.62. The van der Waals surface area contributed by atoms with Gasteiger partial charge in [-0.25, -0.2) is 9.38 Å². The summed E-state index contributed by atoms with van der Waals surface area (Å²) in [6.07, 6.45) is 7.98. The second-order valence-corrected chi connectivity index (χ2v) is 7.54. The molecule has 1 fully saturated rings. The van der Waals surface area contributed by atoms with E-state index in [0.717, 1.165) is 17.7 Å². The Bertz CT molecular complexity index is 1160. The first-order chi connectivity index (χ1) is 12.7. The molecule has 2 atom stereocenters. The number of aromatic nitrogens is 4. The van der Waals surface area contributed by atoms with Crippen molar-refractivity contribution in [2.45, 2.75) is 18.3 Å². The van der Waals surface area contributed by atoms with E-state index in [4.69, 9.17) is 16.6 Å². The van der Waals surface area contributed by atoms with Gasteiger partial charge in [-0.05, 0) is 36.1 Å². The molecule has 5 rings (SSSR count). The zero-order valence-electron chi connectivity index (χ0n) is 13.5. The lowest BCUT2D eigenvalue weighted by atomic mass is 10.1. The summed E-state index contributed by atoms with van der Waals surface area (Å²) in [6.45, 7) is 0. The third-order valence-corrected chi connectivity index (χ3v) is 5.95. The topological polar surface area (TPSA) is 60.2 Å². The van der Waals surface area contributed by atoms with E-state index in [-0.39, 0.29) is 16.5 Å². The van der Waals surface area contributed by atoms with Crippen molar-refractivity contribution in [3.05, 3.63) is 81.1 Å². The lowest BCUT2D eigenvalue weighted by Gasteiger charge is -2.06. The molecule has 1 aliphatic rings. The lowest BCUT2D eigenvalue weighted by Crippen LogP contribution is -2.17. The smallest absolute Gasteiger partial charge is 0.267 e. The van der Waals surface area contributed by atoms with E-state index in [0.29, 0.717) is 16.6 Å². The molecule has 0 saturated heterocycles. The molecule has 26 heavy (non-hydrogen) atoms. The first kappa shape index (κ1) is 15.7. The molecule has 0 amide bonds. The van der Waals surface area contributed by atoms with Crippen LogP contribution < -0.4 is 5.56 Å². The van der Waals surface area contributed by atoms with E-state index < -0.39 is 0 Å². The number of nitrogens with zero attached hydrogens (tertiary/aromatic N) is 4. The van der Waals surface area contributed by atoms with Crippen molar-refractivity contribution in [2.24, 2.45) is 0 Å². The molecule has 0 radical (unpaired) electrons. The van der Waals surface area contributed by atoms with Gasteiger partial charge in [-0.1, -0.05) is 17.7 Å². The van der Waals surface area contributed by atoms with Gasteiger partial charge in [0.15, 0.2) is 4.96 Å². The number of rotatable bonds is 3. The van der Waals surface area contributed by atoms with Crippen LogP contribution in [0, 0.1) is 0 Å². The first-order valence-corrected chi connectivity index (χ1v) is 9.50. The average molecular weight is 381 g/mol. The van der Waals surface area contributed by atoms with Crippen LogP contribution >= 0.6 is 22.9 Å². The highest BCUT2D eigenvalue weighted by Gasteiger charge is 2.42. The van der Waals surface area contributed by atoms with Crippen molar-refractivity contribution in [3.8, 4) is 11.3 Å². The largest absolute Gasteiger partial charge is 0.278 e. The quantitative estimate of drug-likeness (QED) is 0.536. The van der Waals surface area contributed by atoms with Crippen molar-refractivity contribution in [1.82, 2.24) is 19.4 Å². The Balaban J connectivity index is 1.60. The molecule has 5 nitrogen and oxygen atoms in total. The van der Waals surface area contributed by atoms with E-state index in [2.05, 4.69) is 16.0 Å². The molecular weight excluding hydrogens is 368 g/mol. The second-order valence-electron chi connectivity index (χ2n) is 6.33. The fourth-order valence-electron chi connectivity index (χ4n) is 3.38. The third-order valence-electron chi connectivity index (χ3n) is 4.77. The fraction of sp³-hybridized carbons (Fsp3) is 0.158. The van der Waals surface area contributed by atoms with Gasteiger partial charge in [-0.15, -0.1) is 11.3 Å². The highest BCUT2D eigenvalue weighted by Crippen LogP contribution is 2.55. The summed E-state index contributed by atoms with van der Waals surface area (Å²) >= 11 is 7.91. The minimum absolute atomic E-state index is 0.177. The Morgan fingerprint density at radius 3 is 2.73 bits per heavy atom. The van der Waals surface area contributed by atoms with Crippen LogP contribution in [0.2, 0.25) is 5.02 Å². The maximum Gasteiger partial charge on any atom is 0.278 e. The molecular formula is C19H13ClN4OS. The summed E-state index contributed by atoms with van der Waals surface area (Å²) in [5.41, 5.74) is 3.36. The monoisotopic (exact) mass is 380 g/mol. The normalized spacial score (nSPS) is 19.0. The van der Waals surface area contributed by atoms with E-state index in [1.165, 1.54) is 16.9 Å². The number of halogens is 1. The maximum absolute atomic E-state index is 12.9. The summed E-state index contributed by atoms with van der Waals surface area (Å²) in [7, 11) is 0. The number of thiazole rings is 1. The molecule has 0 aliphatic heterocycles. The number of pyridine rings is 2. The van der Waals surface area contributed by atoms with Gasteiger partial charge in [0.1, 0.15) is 5.02 Å². The van der Waals surface area contributed by atoms with E-state index in [9.17, 15) is 4.79 Å². The molecule has 0 bridgehead atoms. The van der Waals surface area contributed by atoms with Crippen LogP contribution in [0.3, 0.4) is 0 Å². The average Bonchev–Trinajstić information content (AvgIpc) is 3.37. The van der Waals surface area contributed by atoms with Crippen LogP contribution in [-0.4, -0.2) is 19.4 Å². The molecule has 4 aromatic heterocycles. The molecule has 0 spiro atoms. The summed E-state index contributed by atoms with van der Waals surface area (Å²) in [6, 6.07) is 7.73. The van der Waals surface area contributed by atoms with E-state index in [1.807, 2.05) is 29.8 Å². The predicted octanol–water partition coefficient (Wildman–Crippen LogP) is 4.14. The van der Waals surface area contributed by atoms with Crippen LogP contribution in [0.1, 0.15) is 29.5 Å². The molecule has 0 aromatic carbocycles. The van der Waals surface area contributed by atoms with Gasteiger partial charge in [0.2, 0.25) is 0 Å². The molecule has 2 unspecified atom stereocenters. The molecule has 128 valence electrons. The summed E-state index contributed by atoms with van der Waals surface area (Å²) < 4.78 is 1.59. The van der Waals surface area contributed by atoms with Crippen molar-refractivity contribution in [1.29, 1.82) is 0 Å². The van der Waals surface area contributed by atoms with Crippen LogP contribution in [0.25, 0.3) is 16.2 Å². The van der Waals surface area contributed by atoms with Gasteiger partial charge in [-0.3, -0.25) is 14.8 Å². The lowest BCUT2D eigenvalue weighted by molar-refractivity contribution is 0.938. The first-order valence-electron chi connectivity index (χ1n) is 8.24. The van der Waals surface area contributed by atoms with Gasteiger partial charge in [0, 0.05) is 41.6 Å². The second kappa shape index (κ2) is 6.00. The molecule has 4 heterocycles. The molecule has 1 saturated carbocycles.